The number of unbranched alkanes of at least 4 members (excludes halogenated alkanes) is 4. The number of hydrogen-bond acceptors (Lipinski definition) is 0. The predicted molar refractivity (Wildman–Crippen MR) is 133 cm³/mol. The first-order chi connectivity index (χ1) is 14.4. The molecule has 0 heterocycles. The summed E-state index contributed by atoms with van der Waals surface area (Å²) >= 11 is 5.78. The lowest BCUT2D eigenvalue weighted by Gasteiger charge is -2.26. The smallest absolute Gasteiger partial charge is 0.115 e. The summed E-state index contributed by atoms with van der Waals surface area (Å²) in [7, 11) is -1.72. The van der Waals surface area contributed by atoms with Gasteiger partial charge in [0.05, 0.1) is 6.16 Å². The third kappa shape index (κ3) is 6.55. The van der Waals surface area contributed by atoms with Crippen LogP contribution < -0.4 is 32.9 Å². The quantitative estimate of drug-likeness (QED) is 0.163. The number of rotatable bonds is 11. The molecule has 3 heteroatoms. The minimum Gasteiger partial charge on any atom is -1.00 e. The van der Waals surface area contributed by atoms with Crippen LogP contribution in [0.4, 0.5) is 0 Å². The molecule has 0 N–H and O–H groups in total. The minimum absolute atomic E-state index is 0. The van der Waals surface area contributed by atoms with Crippen LogP contribution in [0.3, 0.4) is 0 Å². The molecule has 0 aromatic heterocycles. The van der Waals surface area contributed by atoms with Crippen molar-refractivity contribution in [3.05, 3.63) is 103 Å². The maximum absolute atomic E-state index is 5.78. The molecule has 0 aliphatic heterocycles. The lowest BCUT2D eigenvalue weighted by Crippen LogP contribution is -3.00. The van der Waals surface area contributed by atoms with Crippen molar-refractivity contribution in [2.45, 2.75) is 32.1 Å². The first-order valence-corrected chi connectivity index (χ1v) is 13.1. The van der Waals surface area contributed by atoms with Crippen LogP contribution in [0.15, 0.2) is 103 Å². The summed E-state index contributed by atoms with van der Waals surface area (Å²) in [5.74, 6) is 0.786. The minimum atomic E-state index is -1.72. The monoisotopic (exact) mass is 500 g/mol. The molecule has 0 unspecified atom stereocenters. The fourth-order valence-electron chi connectivity index (χ4n) is 3.87. The number of benzene rings is 3. The van der Waals surface area contributed by atoms with Crippen LogP contribution in [-0.4, -0.2) is 12.0 Å². The molecule has 0 aliphatic rings. The summed E-state index contributed by atoms with van der Waals surface area (Å²) in [6.07, 6.45) is 11.9. The summed E-state index contributed by atoms with van der Waals surface area (Å²) in [4.78, 5) is 0. The number of allylic oxidation sites excluding steroid dienone is 2. The van der Waals surface area contributed by atoms with Gasteiger partial charge in [-0.15, -0.1) is 11.6 Å². The largest absolute Gasteiger partial charge is 1.00 e. The molecule has 0 atom stereocenters. The number of hydrogen-bond donors (Lipinski definition) is 0. The maximum Gasteiger partial charge on any atom is 0.115 e. The second kappa shape index (κ2) is 13.8. The Kier molecular flexibility index (Phi) is 11.4. The fraction of sp³-hybridized carbons (Fsp3) is 0.259. The van der Waals surface area contributed by atoms with Crippen LogP contribution in [0.1, 0.15) is 32.1 Å². The van der Waals surface area contributed by atoms with E-state index in [2.05, 4.69) is 103 Å². The normalized spacial score (nSPS) is 11.4. The van der Waals surface area contributed by atoms with Crippen molar-refractivity contribution in [2.24, 2.45) is 0 Å². The van der Waals surface area contributed by atoms with Gasteiger partial charge in [-0.05, 0) is 55.7 Å². The van der Waals surface area contributed by atoms with E-state index in [1.54, 1.807) is 0 Å². The Balaban J connectivity index is 0.00000320. The molecule has 0 spiro atoms. The second-order valence-corrected chi connectivity index (χ2v) is 11.3. The van der Waals surface area contributed by atoms with Crippen molar-refractivity contribution in [2.75, 3.05) is 12.0 Å². The highest BCUT2D eigenvalue weighted by Crippen LogP contribution is 2.55. The lowest BCUT2D eigenvalue weighted by molar-refractivity contribution is -0.00000566. The Morgan fingerprint density at radius 2 is 1.00 bits per heavy atom. The van der Waals surface area contributed by atoms with Gasteiger partial charge in [0.1, 0.15) is 23.2 Å². The molecule has 0 bridgehead atoms. The zero-order valence-electron chi connectivity index (χ0n) is 17.5. The third-order valence-electron chi connectivity index (χ3n) is 5.39. The molecule has 0 saturated carbocycles. The molecule has 0 radical (unpaired) electrons. The van der Waals surface area contributed by atoms with Gasteiger partial charge in [0.25, 0.3) is 0 Å². The molecule has 158 valence electrons. The van der Waals surface area contributed by atoms with Gasteiger partial charge < -0.3 is 17.0 Å². The van der Waals surface area contributed by atoms with Gasteiger partial charge in [-0.3, -0.25) is 0 Å². The van der Waals surface area contributed by atoms with Crippen LogP contribution in [0.25, 0.3) is 0 Å². The first-order valence-electron chi connectivity index (χ1n) is 10.6. The van der Waals surface area contributed by atoms with E-state index in [-0.39, 0.29) is 17.0 Å². The first kappa shape index (κ1) is 24.9. The highest BCUT2D eigenvalue weighted by atomic mass is 79.9. The average molecular weight is 502 g/mol. The molecule has 3 aromatic rings. The van der Waals surface area contributed by atoms with Crippen LogP contribution in [0.2, 0.25) is 0 Å². The summed E-state index contributed by atoms with van der Waals surface area (Å²) in [5, 5.41) is 4.34. The van der Waals surface area contributed by atoms with Crippen molar-refractivity contribution in [1.29, 1.82) is 0 Å². The van der Waals surface area contributed by atoms with E-state index in [4.69, 9.17) is 11.6 Å². The highest BCUT2D eigenvalue weighted by molar-refractivity contribution is 7.95. The molecular weight excluding hydrogens is 471 g/mol. The molecule has 0 saturated heterocycles. The number of halogens is 2. The van der Waals surface area contributed by atoms with Gasteiger partial charge in [0, 0.05) is 5.88 Å². The van der Waals surface area contributed by atoms with Gasteiger partial charge in [-0.2, -0.15) is 0 Å². The van der Waals surface area contributed by atoms with Crippen LogP contribution in [0, 0.1) is 0 Å². The van der Waals surface area contributed by atoms with Gasteiger partial charge in [-0.1, -0.05) is 79.6 Å². The van der Waals surface area contributed by atoms with Gasteiger partial charge in [0.2, 0.25) is 0 Å². The summed E-state index contributed by atoms with van der Waals surface area (Å²) in [6, 6.07) is 33.3. The number of alkyl halides is 1. The Morgan fingerprint density at radius 3 is 1.43 bits per heavy atom. The zero-order valence-corrected chi connectivity index (χ0v) is 20.7. The standard InChI is InChI=1S/C27H31ClP.BrH/c28-23-15-4-2-1-3-5-16-24-29(25-17-9-6-10-18-25,26-19-11-7-12-20-26)27-21-13-8-14-22-27;/h5-14,16-22H,1-4,15,23-24H2;1H/q+1;/p-1. The van der Waals surface area contributed by atoms with Crippen molar-refractivity contribution in [1.82, 2.24) is 0 Å². The average Bonchev–Trinajstić information content (AvgIpc) is 2.80. The Bertz CT molecular complexity index is 753. The Hall–Kier alpha value is -1.40. The van der Waals surface area contributed by atoms with E-state index in [9.17, 15) is 0 Å². The maximum atomic E-state index is 5.78. The summed E-state index contributed by atoms with van der Waals surface area (Å²) < 4.78 is 0. The van der Waals surface area contributed by atoms with Crippen molar-refractivity contribution in [3.63, 3.8) is 0 Å². The molecule has 0 amide bonds. The molecule has 30 heavy (non-hydrogen) atoms. The lowest BCUT2D eigenvalue weighted by atomic mass is 10.1. The van der Waals surface area contributed by atoms with Crippen LogP contribution in [-0.2, 0) is 0 Å². The molecule has 3 aromatic carbocycles. The molecular formula is C27H31BrClP. The fourth-order valence-corrected chi connectivity index (χ4v) is 8.10. The topological polar surface area (TPSA) is 0 Å². The van der Waals surface area contributed by atoms with Crippen LogP contribution in [0.5, 0.6) is 0 Å². The second-order valence-electron chi connectivity index (χ2n) is 7.36. The van der Waals surface area contributed by atoms with Crippen molar-refractivity contribution in [3.8, 4) is 0 Å². The van der Waals surface area contributed by atoms with E-state index in [1.165, 1.54) is 35.2 Å². The van der Waals surface area contributed by atoms with Gasteiger partial charge in [-0.25, -0.2) is 0 Å². The molecule has 3 rings (SSSR count). The van der Waals surface area contributed by atoms with Gasteiger partial charge in [0.15, 0.2) is 0 Å². The Labute approximate surface area is 198 Å². The van der Waals surface area contributed by atoms with E-state index < -0.39 is 7.26 Å². The van der Waals surface area contributed by atoms with Crippen molar-refractivity contribution >= 4 is 34.8 Å². The summed E-state index contributed by atoms with van der Waals surface area (Å²) in [5.41, 5.74) is 0. The third-order valence-corrected chi connectivity index (χ3v) is 9.96. The zero-order chi connectivity index (χ0) is 20.2. The van der Waals surface area contributed by atoms with Crippen LogP contribution >= 0.6 is 18.9 Å². The molecule has 0 nitrogen and oxygen atoms in total. The highest BCUT2D eigenvalue weighted by Gasteiger charge is 2.43. The van der Waals surface area contributed by atoms with Crippen molar-refractivity contribution < 1.29 is 17.0 Å². The predicted octanol–water partition coefficient (Wildman–Crippen LogP) is 3.73. The SMILES string of the molecule is ClCCCCCCC=CC[P+](c1ccccc1)(c1ccccc1)c1ccccc1.[Br-]. The molecule has 0 aliphatic carbocycles. The molecule has 0 fully saturated rings. The summed E-state index contributed by atoms with van der Waals surface area (Å²) in [6.45, 7) is 0. The van der Waals surface area contributed by atoms with E-state index in [0.717, 1.165) is 24.9 Å². The van der Waals surface area contributed by atoms with E-state index in [1.807, 2.05) is 0 Å². The van der Waals surface area contributed by atoms with E-state index in [0.29, 0.717) is 0 Å². The van der Waals surface area contributed by atoms with Gasteiger partial charge >= 0.3 is 0 Å². The Morgan fingerprint density at radius 1 is 0.567 bits per heavy atom. The van der Waals surface area contributed by atoms with E-state index >= 15 is 0 Å².